The van der Waals surface area contributed by atoms with Crippen molar-refractivity contribution in [3.05, 3.63) is 52.6 Å². The number of nitrogens with one attached hydrogen (secondary N) is 1. The molecule has 0 aliphatic carbocycles. The van der Waals surface area contributed by atoms with E-state index in [1.165, 1.54) is 0 Å². The van der Waals surface area contributed by atoms with Crippen LogP contribution < -0.4 is 9.46 Å². The summed E-state index contributed by atoms with van der Waals surface area (Å²) >= 11 is 0. The van der Waals surface area contributed by atoms with Crippen LogP contribution >= 0.6 is 0 Å². The van der Waals surface area contributed by atoms with Gasteiger partial charge in [0.1, 0.15) is 5.75 Å². The Labute approximate surface area is 144 Å². The van der Waals surface area contributed by atoms with E-state index in [1.807, 2.05) is 25.1 Å². The SMILES string of the molecule is COc1cc(C)c(S(=O)(=O)Nc2c(C)cccc2C(C)C)c(C)c1. The quantitative estimate of drug-likeness (QED) is 0.863. The smallest absolute Gasteiger partial charge is 0.262 e. The third-order valence-electron chi connectivity index (χ3n) is 4.10. The largest absolute Gasteiger partial charge is 0.497 e. The summed E-state index contributed by atoms with van der Waals surface area (Å²) in [7, 11) is -2.11. The molecule has 5 heteroatoms. The highest BCUT2D eigenvalue weighted by atomic mass is 32.2. The van der Waals surface area contributed by atoms with Gasteiger partial charge in [-0.05, 0) is 61.1 Å². The second kappa shape index (κ2) is 6.85. The average molecular weight is 347 g/mol. The topological polar surface area (TPSA) is 55.4 Å². The third-order valence-corrected chi connectivity index (χ3v) is 5.76. The molecule has 0 unspecified atom stereocenters. The number of para-hydroxylation sites is 1. The van der Waals surface area contributed by atoms with Gasteiger partial charge >= 0.3 is 0 Å². The van der Waals surface area contributed by atoms with E-state index in [1.54, 1.807) is 33.1 Å². The Morgan fingerprint density at radius 2 is 1.58 bits per heavy atom. The molecule has 0 atom stereocenters. The highest BCUT2D eigenvalue weighted by Gasteiger charge is 2.23. The second-order valence-electron chi connectivity index (χ2n) is 6.39. The number of hydrogen-bond acceptors (Lipinski definition) is 3. The number of sulfonamides is 1. The predicted molar refractivity (Wildman–Crippen MR) is 98.5 cm³/mol. The van der Waals surface area contributed by atoms with Gasteiger partial charge in [0.05, 0.1) is 17.7 Å². The van der Waals surface area contributed by atoms with Gasteiger partial charge in [0, 0.05) is 0 Å². The van der Waals surface area contributed by atoms with Crippen molar-refractivity contribution >= 4 is 15.7 Å². The molecule has 130 valence electrons. The Morgan fingerprint density at radius 1 is 1.00 bits per heavy atom. The maximum absolute atomic E-state index is 13.0. The van der Waals surface area contributed by atoms with E-state index < -0.39 is 10.0 Å². The van der Waals surface area contributed by atoms with E-state index in [9.17, 15) is 8.42 Å². The van der Waals surface area contributed by atoms with E-state index in [2.05, 4.69) is 18.6 Å². The number of benzene rings is 2. The lowest BCUT2D eigenvalue weighted by Crippen LogP contribution is -2.18. The molecular weight excluding hydrogens is 322 g/mol. The van der Waals surface area contributed by atoms with Crippen LogP contribution in [0.4, 0.5) is 5.69 Å². The lowest BCUT2D eigenvalue weighted by atomic mass is 9.99. The van der Waals surface area contributed by atoms with Crippen LogP contribution in [0.2, 0.25) is 0 Å². The number of aryl methyl sites for hydroxylation is 3. The van der Waals surface area contributed by atoms with Gasteiger partial charge in [-0.1, -0.05) is 32.0 Å². The molecule has 0 aliphatic rings. The molecule has 2 aromatic rings. The fourth-order valence-electron chi connectivity index (χ4n) is 2.95. The molecule has 24 heavy (non-hydrogen) atoms. The van der Waals surface area contributed by atoms with Crippen molar-refractivity contribution in [2.24, 2.45) is 0 Å². The van der Waals surface area contributed by atoms with Crippen LogP contribution in [0.5, 0.6) is 5.75 Å². The highest BCUT2D eigenvalue weighted by molar-refractivity contribution is 7.92. The Bertz CT molecular complexity index is 832. The van der Waals surface area contributed by atoms with Crippen molar-refractivity contribution < 1.29 is 13.2 Å². The molecule has 0 radical (unpaired) electrons. The molecule has 0 aromatic heterocycles. The van der Waals surface area contributed by atoms with E-state index in [4.69, 9.17) is 4.74 Å². The minimum absolute atomic E-state index is 0.223. The highest BCUT2D eigenvalue weighted by Crippen LogP contribution is 2.32. The molecule has 0 bridgehead atoms. The van der Waals surface area contributed by atoms with Crippen LogP contribution in [0.15, 0.2) is 35.2 Å². The van der Waals surface area contributed by atoms with Crippen molar-refractivity contribution in [3.63, 3.8) is 0 Å². The molecule has 1 N–H and O–H groups in total. The Balaban J connectivity index is 2.55. The summed E-state index contributed by atoms with van der Waals surface area (Å²) in [5.41, 5.74) is 3.90. The molecule has 2 aromatic carbocycles. The normalized spacial score (nSPS) is 11.6. The first-order chi connectivity index (χ1) is 11.2. The summed E-state index contributed by atoms with van der Waals surface area (Å²) < 4.78 is 34.1. The van der Waals surface area contributed by atoms with Gasteiger partial charge < -0.3 is 4.74 Å². The van der Waals surface area contributed by atoms with Gasteiger partial charge in [0.25, 0.3) is 10.0 Å². The number of methoxy groups -OCH3 is 1. The summed E-state index contributed by atoms with van der Waals surface area (Å²) in [6, 6.07) is 9.30. The van der Waals surface area contributed by atoms with Crippen molar-refractivity contribution in [2.45, 2.75) is 45.4 Å². The predicted octanol–water partition coefficient (Wildman–Crippen LogP) is 4.54. The average Bonchev–Trinajstić information content (AvgIpc) is 2.47. The first-order valence-electron chi connectivity index (χ1n) is 7.95. The molecule has 0 saturated heterocycles. The number of ether oxygens (including phenoxy) is 1. The minimum Gasteiger partial charge on any atom is -0.497 e. The maximum atomic E-state index is 13.0. The van der Waals surface area contributed by atoms with Gasteiger partial charge in [-0.25, -0.2) is 8.42 Å². The molecule has 0 aliphatic heterocycles. The summed E-state index contributed by atoms with van der Waals surface area (Å²) in [6.45, 7) is 9.58. The fourth-order valence-corrected chi connectivity index (χ4v) is 4.56. The van der Waals surface area contributed by atoms with E-state index >= 15 is 0 Å². The van der Waals surface area contributed by atoms with Crippen LogP contribution in [-0.4, -0.2) is 15.5 Å². The molecule has 0 amide bonds. The van der Waals surface area contributed by atoms with Crippen LogP contribution in [0.1, 0.15) is 42.0 Å². The first kappa shape index (κ1) is 18.3. The second-order valence-corrected chi connectivity index (χ2v) is 8.01. The van der Waals surface area contributed by atoms with Crippen molar-refractivity contribution in [1.29, 1.82) is 0 Å². The van der Waals surface area contributed by atoms with Crippen LogP contribution in [0, 0.1) is 20.8 Å². The van der Waals surface area contributed by atoms with E-state index in [-0.39, 0.29) is 5.92 Å². The van der Waals surface area contributed by atoms with Gasteiger partial charge in [-0.15, -0.1) is 0 Å². The monoisotopic (exact) mass is 347 g/mol. The van der Waals surface area contributed by atoms with Gasteiger partial charge in [0.15, 0.2) is 0 Å². The van der Waals surface area contributed by atoms with Gasteiger partial charge in [0.2, 0.25) is 0 Å². The molecule has 4 nitrogen and oxygen atoms in total. The first-order valence-corrected chi connectivity index (χ1v) is 9.43. The molecule has 0 heterocycles. The third kappa shape index (κ3) is 3.56. The standard InChI is InChI=1S/C19H25NO3S/c1-12(2)17-9-7-8-13(3)18(17)20-24(21,22)19-14(4)10-16(23-6)11-15(19)5/h7-12,20H,1-6H3. The number of rotatable bonds is 5. The van der Waals surface area contributed by atoms with Crippen molar-refractivity contribution in [3.8, 4) is 5.75 Å². The van der Waals surface area contributed by atoms with Gasteiger partial charge in [-0.2, -0.15) is 0 Å². The number of anilines is 1. The summed E-state index contributed by atoms with van der Waals surface area (Å²) in [5, 5.41) is 0. The van der Waals surface area contributed by atoms with Crippen LogP contribution in [-0.2, 0) is 10.0 Å². The zero-order valence-electron chi connectivity index (χ0n) is 15.1. The van der Waals surface area contributed by atoms with Crippen LogP contribution in [0.3, 0.4) is 0 Å². The lowest BCUT2D eigenvalue weighted by Gasteiger charge is -2.19. The molecule has 2 rings (SSSR count). The summed E-state index contributed by atoms with van der Waals surface area (Å²) in [5.74, 6) is 0.878. The summed E-state index contributed by atoms with van der Waals surface area (Å²) in [6.07, 6.45) is 0. The number of hydrogen-bond donors (Lipinski definition) is 1. The van der Waals surface area contributed by atoms with Crippen LogP contribution in [0.25, 0.3) is 0 Å². The Kier molecular flexibility index (Phi) is 5.23. The van der Waals surface area contributed by atoms with Crippen molar-refractivity contribution in [1.82, 2.24) is 0 Å². The Morgan fingerprint density at radius 3 is 2.08 bits per heavy atom. The van der Waals surface area contributed by atoms with Gasteiger partial charge in [-0.3, -0.25) is 4.72 Å². The minimum atomic E-state index is -3.68. The maximum Gasteiger partial charge on any atom is 0.262 e. The van der Waals surface area contributed by atoms with E-state index in [0.717, 1.165) is 11.1 Å². The van der Waals surface area contributed by atoms with E-state index in [0.29, 0.717) is 27.5 Å². The fraction of sp³-hybridized carbons (Fsp3) is 0.368. The zero-order chi connectivity index (χ0) is 18.1. The molecule has 0 spiro atoms. The summed E-state index contributed by atoms with van der Waals surface area (Å²) in [4.78, 5) is 0.307. The molecule has 0 fully saturated rings. The zero-order valence-corrected chi connectivity index (χ0v) is 15.9. The molecular formula is C19H25NO3S. The molecule has 0 saturated carbocycles. The lowest BCUT2D eigenvalue weighted by molar-refractivity contribution is 0.413. The Hall–Kier alpha value is -2.01. The van der Waals surface area contributed by atoms with Crippen molar-refractivity contribution in [2.75, 3.05) is 11.8 Å².